The fraction of sp³-hybridized carbons (Fsp3) is 0.409. The SMILES string of the molecule is Cn1cc(-c2nc(-c3ccc(C(F)(F)F)cc3)cc(C3CC(CO)(S(C)(=O)=O)CCN3)n2)cn1. The smallest absolute Gasteiger partial charge is 0.395 e. The first kappa shape index (κ1) is 24.3. The Kier molecular flexibility index (Phi) is 6.25. The number of aryl methyl sites for hydroxylation is 1. The minimum absolute atomic E-state index is 0.0955. The largest absolute Gasteiger partial charge is 0.416 e. The normalized spacial score (nSPS) is 21.5. The lowest BCUT2D eigenvalue weighted by atomic mass is 9.90. The van der Waals surface area contributed by atoms with E-state index in [1.165, 1.54) is 12.1 Å². The van der Waals surface area contributed by atoms with Crippen LogP contribution in [-0.2, 0) is 23.1 Å². The first-order chi connectivity index (χ1) is 15.9. The second-order valence-corrected chi connectivity index (χ2v) is 11.0. The number of sulfone groups is 1. The molecule has 0 bridgehead atoms. The molecule has 0 amide bonds. The van der Waals surface area contributed by atoms with Crippen LogP contribution in [0.2, 0.25) is 0 Å². The summed E-state index contributed by atoms with van der Waals surface area (Å²) in [7, 11) is -1.84. The Balaban J connectivity index is 1.80. The molecule has 1 fully saturated rings. The molecule has 2 atom stereocenters. The summed E-state index contributed by atoms with van der Waals surface area (Å²) >= 11 is 0. The molecule has 0 saturated carbocycles. The highest BCUT2D eigenvalue weighted by Gasteiger charge is 2.45. The number of hydrogen-bond acceptors (Lipinski definition) is 7. The van der Waals surface area contributed by atoms with Gasteiger partial charge in [0.15, 0.2) is 15.7 Å². The lowest BCUT2D eigenvalue weighted by Crippen LogP contribution is -2.51. The van der Waals surface area contributed by atoms with Crippen molar-refractivity contribution in [1.82, 2.24) is 25.1 Å². The number of rotatable bonds is 5. The molecular formula is C22H24F3N5O3S. The maximum atomic E-state index is 13.0. The number of alkyl halides is 3. The predicted octanol–water partition coefficient (Wildman–Crippen LogP) is 2.76. The zero-order valence-corrected chi connectivity index (χ0v) is 19.4. The molecule has 2 aromatic heterocycles. The number of nitrogens with one attached hydrogen (secondary N) is 1. The van der Waals surface area contributed by atoms with Crippen molar-refractivity contribution < 1.29 is 26.7 Å². The number of aliphatic hydroxyl groups is 1. The second-order valence-electron chi connectivity index (χ2n) is 8.55. The van der Waals surface area contributed by atoms with Crippen molar-refractivity contribution in [1.29, 1.82) is 0 Å². The van der Waals surface area contributed by atoms with Gasteiger partial charge in [-0.05, 0) is 37.6 Å². The molecule has 1 aliphatic heterocycles. The number of hydrogen-bond donors (Lipinski definition) is 2. The van der Waals surface area contributed by atoms with Crippen molar-refractivity contribution in [2.45, 2.75) is 29.8 Å². The van der Waals surface area contributed by atoms with Crippen LogP contribution >= 0.6 is 0 Å². The Labute approximate surface area is 194 Å². The van der Waals surface area contributed by atoms with Crippen LogP contribution in [0.1, 0.15) is 30.1 Å². The molecule has 1 saturated heterocycles. The molecule has 2 N–H and O–H groups in total. The molecule has 2 unspecified atom stereocenters. The van der Waals surface area contributed by atoms with Crippen molar-refractivity contribution in [3.05, 3.63) is 54.0 Å². The number of nitrogens with zero attached hydrogens (tertiary/aromatic N) is 4. The van der Waals surface area contributed by atoms with Crippen LogP contribution in [-0.4, -0.2) is 57.4 Å². The van der Waals surface area contributed by atoms with Crippen LogP contribution in [0.25, 0.3) is 22.6 Å². The quantitative estimate of drug-likeness (QED) is 0.560. The fourth-order valence-corrected chi connectivity index (χ4v) is 5.29. The first-order valence-electron chi connectivity index (χ1n) is 10.5. The summed E-state index contributed by atoms with van der Waals surface area (Å²) in [5.41, 5.74) is 1.15. The average Bonchev–Trinajstić information content (AvgIpc) is 3.24. The third-order valence-electron chi connectivity index (χ3n) is 6.20. The van der Waals surface area contributed by atoms with Gasteiger partial charge in [0.1, 0.15) is 0 Å². The van der Waals surface area contributed by atoms with Gasteiger partial charge < -0.3 is 10.4 Å². The zero-order valence-electron chi connectivity index (χ0n) is 18.5. The number of benzene rings is 1. The summed E-state index contributed by atoms with van der Waals surface area (Å²) in [6.45, 7) is -0.170. The molecule has 1 aromatic carbocycles. The monoisotopic (exact) mass is 495 g/mol. The van der Waals surface area contributed by atoms with E-state index < -0.39 is 39.0 Å². The third kappa shape index (κ3) is 4.70. The summed E-state index contributed by atoms with van der Waals surface area (Å²) < 4.78 is 64.3. The molecule has 182 valence electrons. The van der Waals surface area contributed by atoms with Gasteiger partial charge in [0.25, 0.3) is 0 Å². The summed E-state index contributed by atoms with van der Waals surface area (Å²) in [5, 5.41) is 17.3. The zero-order chi connectivity index (χ0) is 24.7. The average molecular weight is 496 g/mol. The molecule has 3 aromatic rings. The molecule has 0 radical (unpaired) electrons. The van der Waals surface area contributed by atoms with Gasteiger partial charge >= 0.3 is 6.18 Å². The second kappa shape index (κ2) is 8.75. The Bertz CT molecular complexity index is 1290. The highest BCUT2D eigenvalue weighted by atomic mass is 32.2. The van der Waals surface area contributed by atoms with Crippen LogP contribution in [0.3, 0.4) is 0 Å². The molecule has 0 aliphatic carbocycles. The van der Waals surface area contributed by atoms with Gasteiger partial charge in [0.2, 0.25) is 0 Å². The van der Waals surface area contributed by atoms with E-state index in [0.29, 0.717) is 34.9 Å². The summed E-state index contributed by atoms with van der Waals surface area (Å²) in [4.78, 5) is 9.16. The van der Waals surface area contributed by atoms with Crippen molar-refractivity contribution in [2.75, 3.05) is 19.4 Å². The van der Waals surface area contributed by atoms with E-state index in [0.717, 1.165) is 18.4 Å². The summed E-state index contributed by atoms with van der Waals surface area (Å²) in [6, 6.07) is 5.77. The molecule has 3 heterocycles. The van der Waals surface area contributed by atoms with Crippen molar-refractivity contribution in [3.8, 4) is 22.6 Å². The van der Waals surface area contributed by atoms with Gasteiger partial charge in [-0.3, -0.25) is 4.68 Å². The Hall–Kier alpha value is -2.83. The Morgan fingerprint density at radius 3 is 2.47 bits per heavy atom. The predicted molar refractivity (Wildman–Crippen MR) is 119 cm³/mol. The summed E-state index contributed by atoms with van der Waals surface area (Å²) in [5.74, 6) is 0.307. The van der Waals surface area contributed by atoms with Crippen LogP contribution in [0.15, 0.2) is 42.7 Å². The van der Waals surface area contributed by atoms with Crippen LogP contribution in [0.5, 0.6) is 0 Å². The molecule has 0 spiro atoms. The van der Waals surface area contributed by atoms with E-state index in [2.05, 4.69) is 20.4 Å². The Morgan fingerprint density at radius 1 is 1.21 bits per heavy atom. The van der Waals surface area contributed by atoms with E-state index in [1.54, 1.807) is 30.2 Å². The maximum absolute atomic E-state index is 13.0. The van der Waals surface area contributed by atoms with Crippen molar-refractivity contribution >= 4 is 9.84 Å². The van der Waals surface area contributed by atoms with E-state index in [9.17, 15) is 26.7 Å². The maximum Gasteiger partial charge on any atom is 0.416 e. The van der Waals surface area contributed by atoms with Crippen molar-refractivity contribution in [2.24, 2.45) is 7.05 Å². The van der Waals surface area contributed by atoms with Gasteiger partial charge in [-0.2, -0.15) is 18.3 Å². The number of aliphatic hydroxyl groups excluding tert-OH is 1. The minimum atomic E-state index is -4.46. The van der Waals surface area contributed by atoms with E-state index in [-0.39, 0.29) is 12.8 Å². The lowest BCUT2D eigenvalue weighted by molar-refractivity contribution is -0.137. The lowest BCUT2D eigenvalue weighted by Gasteiger charge is -2.38. The van der Waals surface area contributed by atoms with Crippen LogP contribution < -0.4 is 5.32 Å². The van der Waals surface area contributed by atoms with E-state index in [1.807, 2.05) is 0 Å². The molecule has 8 nitrogen and oxygen atoms in total. The molecule has 34 heavy (non-hydrogen) atoms. The molecule has 1 aliphatic rings. The number of halogens is 3. The molecule has 12 heteroatoms. The van der Waals surface area contributed by atoms with Gasteiger partial charge in [0, 0.05) is 25.1 Å². The number of aromatic nitrogens is 4. The molecule has 4 rings (SSSR count). The first-order valence-corrected chi connectivity index (χ1v) is 12.4. The van der Waals surface area contributed by atoms with Gasteiger partial charge in [0.05, 0.1) is 46.1 Å². The number of piperidine rings is 1. The highest BCUT2D eigenvalue weighted by molar-refractivity contribution is 7.92. The standard InChI is InChI=1S/C22H24F3N5O3S/c1-30-12-15(11-27-30)20-28-17(14-3-5-16(6-4-14)22(23,24)25)9-18(29-20)19-10-21(13-31,7-8-26-19)34(2,32)33/h3-6,9,11-12,19,26,31H,7-8,10,13H2,1-2H3. The minimum Gasteiger partial charge on any atom is -0.395 e. The topological polar surface area (TPSA) is 110 Å². The van der Waals surface area contributed by atoms with Crippen LogP contribution in [0, 0.1) is 0 Å². The van der Waals surface area contributed by atoms with Gasteiger partial charge in [-0.25, -0.2) is 18.4 Å². The summed E-state index contributed by atoms with van der Waals surface area (Å²) in [6.07, 6.45) is 0.280. The van der Waals surface area contributed by atoms with Crippen LogP contribution in [0.4, 0.5) is 13.2 Å². The third-order valence-corrected chi connectivity index (χ3v) is 8.27. The highest BCUT2D eigenvalue weighted by Crippen LogP contribution is 2.37. The molecular weight excluding hydrogens is 471 g/mol. The van der Waals surface area contributed by atoms with E-state index in [4.69, 9.17) is 0 Å². The van der Waals surface area contributed by atoms with Crippen molar-refractivity contribution in [3.63, 3.8) is 0 Å². The van der Waals surface area contributed by atoms with Gasteiger partial charge in [-0.15, -0.1) is 0 Å². The van der Waals surface area contributed by atoms with Gasteiger partial charge in [-0.1, -0.05) is 12.1 Å². The fourth-order valence-electron chi connectivity index (χ4n) is 4.12. The van der Waals surface area contributed by atoms with E-state index >= 15 is 0 Å². The Morgan fingerprint density at radius 2 is 1.91 bits per heavy atom.